The quantitative estimate of drug-likeness (QED) is 0.338. The van der Waals surface area contributed by atoms with Crippen molar-refractivity contribution < 1.29 is 18.9 Å². The van der Waals surface area contributed by atoms with Crippen LogP contribution in [0.25, 0.3) is 22.4 Å². The zero-order chi connectivity index (χ0) is 24.1. The van der Waals surface area contributed by atoms with Crippen LogP contribution in [0.3, 0.4) is 0 Å². The van der Waals surface area contributed by atoms with Crippen LogP contribution in [0.15, 0.2) is 75.7 Å². The molecule has 4 aromatic rings. The zero-order valence-corrected chi connectivity index (χ0v) is 19.2. The van der Waals surface area contributed by atoms with Crippen molar-refractivity contribution >= 4 is 11.4 Å². The SMILES string of the molecule is COc1ccc(N=Nc2c(-c3ccc(OC)c(OC)c3OC)[nH][nH]c2=O)cc1-c1ccccc1. The molecule has 0 radical (unpaired) electrons. The molecule has 0 saturated carbocycles. The second-order valence-corrected chi connectivity index (χ2v) is 7.14. The minimum atomic E-state index is -0.424. The Labute approximate surface area is 196 Å². The van der Waals surface area contributed by atoms with Gasteiger partial charge in [0.1, 0.15) is 5.75 Å². The molecule has 0 unspecified atom stereocenters. The summed E-state index contributed by atoms with van der Waals surface area (Å²) in [6.07, 6.45) is 0. The van der Waals surface area contributed by atoms with Gasteiger partial charge in [0.25, 0.3) is 5.56 Å². The Morgan fingerprint density at radius 2 is 1.38 bits per heavy atom. The van der Waals surface area contributed by atoms with Crippen LogP contribution in [0.1, 0.15) is 0 Å². The summed E-state index contributed by atoms with van der Waals surface area (Å²) in [7, 11) is 6.17. The maximum atomic E-state index is 12.5. The largest absolute Gasteiger partial charge is 0.496 e. The van der Waals surface area contributed by atoms with Gasteiger partial charge in [0.05, 0.1) is 39.8 Å². The van der Waals surface area contributed by atoms with Gasteiger partial charge < -0.3 is 18.9 Å². The van der Waals surface area contributed by atoms with Gasteiger partial charge >= 0.3 is 0 Å². The minimum absolute atomic E-state index is 0.0996. The average molecular weight is 460 g/mol. The van der Waals surface area contributed by atoms with E-state index in [0.29, 0.717) is 39.9 Å². The van der Waals surface area contributed by atoms with Gasteiger partial charge in [-0.25, -0.2) is 0 Å². The summed E-state index contributed by atoms with van der Waals surface area (Å²) in [5.74, 6) is 2.00. The molecule has 0 saturated heterocycles. The Morgan fingerprint density at radius 1 is 0.676 bits per heavy atom. The number of aromatic amines is 2. The van der Waals surface area contributed by atoms with Crippen molar-refractivity contribution in [3.05, 3.63) is 71.0 Å². The minimum Gasteiger partial charge on any atom is -0.496 e. The van der Waals surface area contributed by atoms with E-state index in [9.17, 15) is 4.79 Å². The van der Waals surface area contributed by atoms with Crippen LogP contribution in [-0.2, 0) is 0 Å². The fourth-order valence-electron chi connectivity index (χ4n) is 3.65. The number of nitrogens with one attached hydrogen (secondary N) is 2. The summed E-state index contributed by atoms with van der Waals surface area (Å²) in [4.78, 5) is 12.5. The molecule has 34 heavy (non-hydrogen) atoms. The van der Waals surface area contributed by atoms with Crippen LogP contribution in [0.2, 0.25) is 0 Å². The molecule has 4 rings (SSSR count). The van der Waals surface area contributed by atoms with Crippen LogP contribution in [0, 0.1) is 0 Å². The summed E-state index contributed by atoms with van der Waals surface area (Å²) >= 11 is 0. The highest BCUT2D eigenvalue weighted by Crippen LogP contribution is 2.45. The highest BCUT2D eigenvalue weighted by atomic mass is 16.5. The fraction of sp³-hybridized carbons (Fsp3) is 0.160. The lowest BCUT2D eigenvalue weighted by molar-refractivity contribution is 0.325. The number of hydrogen-bond acceptors (Lipinski definition) is 7. The van der Waals surface area contributed by atoms with Gasteiger partial charge in [0.15, 0.2) is 17.2 Å². The highest BCUT2D eigenvalue weighted by Gasteiger charge is 2.22. The van der Waals surface area contributed by atoms with Crippen LogP contribution >= 0.6 is 0 Å². The third-order valence-corrected chi connectivity index (χ3v) is 5.26. The molecular weight excluding hydrogens is 436 g/mol. The van der Waals surface area contributed by atoms with Crippen molar-refractivity contribution in [2.75, 3.05) is 28.4 Å². The van der Waals surface area contributed by atoms with E-state index < -0.39 is 5.56 Å². The predicted octanol–water partition coefficient (Wildman–Crippen LogP) is 5.49. The van der Waals surface area contributed by atoms with Crippen LogP contribution in [0.4, 0.5) is 11.4 Å². The second kappa shape index (κ2) is 9.95. The number of rotatable bonds is 8. The number of nitrogens with zero attached hydrogens (tertiary/aromatic N) is 2. The molecule has 0 fully saturated rings. The van der Waals surface area contributed by atoms with Crippen molar-refractivity contribution in [1.82, 2.24) is 10.2 Å². The number of H-pyrrole nitrogens is 2. The molecule has 0 atom stereocenters. The first-order chi connectivity index (χ1) is 16.6. The van der Waals surface area contributed by atoms with Crippen molar-refractivity contribution in [2.45, 2.75) is 0 Å². The molecule has 0 aliphatic heterocycles. The van der Waals surface area contributed by atoms with Crippen LogP contribution < -0.4 is 24.5 Å². The first kappa shape index (κ1) is 22.7. The molecule has 0 amide bonds. The van der Waals surface area contributed by atoms with Gasteiger partial charge in [0.2, 0.25) is 5.75 Å². The molecule has 9 nitrogen and oxygen atoms in total. The maximum Gasteiger partial charge on any atom is 0.292 e. The van der Waals surface area contributed by atoms with E-state index in [4.69, 9.17) is 18.9 Å². The van der Waals surface area contributed by atoms with Gasteiger partial charge in [-0.05, 0) is 35.9 Å². The monoisotopic (exact) mass is 460 g/mol. The van der Waals surface area contributed by atoms with Crippen LogP contribution in [-0.4, -0.2) is 38.6 Å². The average Bonchev–Trinajstić information content (AvgIpc) is 3.26. The van der Waals surface area contributed by atoms with Gasteiger partial charge in [-0.1, -0.05) is 30.3 Å². The standard InChI is InChI=1S/C25H24N4O5/c1-31-19-12-10-16(14-18(19)15-8-6-5-7-9-15)26-28-22-21(27-29-25(22)30)17-11-13-20(32-2)24(34-4)23(17)33-3/h5-14H,1-4H3,(H2,27,29,30). The van der Waals surface area contributed by atoms with Gasteiger partial charge in [-0.2, -0.15) is 5.11 Å². The van der Waals surface area contributed by atoms with E-state index in [1.807, 2.05) is 42.5 Å². The maximum absolute atomic E-state index is 12.5. The Hall–Kier alpha value is -4.53. The summed E-state index contributed by atoms with van der Waals surface area (Å²) in [6, 6.07) is 18.7. The lowest BCUT2D eigenvalue weighted by Crippen LogP contribution is -1.98. The molecule has 3 aromatic carbocycles. The topological polar surface area (TPSA) is 110 Å². The fourth-order valence-corrected chi connectivity index (χ4v) is 3.65. The zero-order valence-electron chi connectivity index (χ0n) is 19.2. The van der Waals surface area contributed by atoms with E-state index >= 15 is 0 Å². The lowest BCUT2D eigenvalue weighted by atomic mass is 10.0. The molecule has 9 heteroatoms. The molecule has 0 bridgehead atoms. The summed E-state index contributed by atoms with van der Waals surface area (Å²) < 4.78 is 21.8. The molecule has 1 heterocycles. The molecule has 2 N–H and O–H groups in total. The summed E-state index contributed by atoms with van der Waals surface area (Å²) in [5.41, 5.74) is 3.05. The number of methoxy groups -OCH3 is 4. The third kappa shape index (κ3) is 4.23. The van der Waals surface area contributed by atoms with E-state index in [1.165, 1.54) is 21.3 Å². The van der Waals surface area contributed by atoms with Gasteiger partial charge in [0, 0.05) is 11.1 Å². The third-order valence-electron chi connectivity index (χ3n) is 5.26. The van der Waals surface area contributed by atoms with Gasteiger partial charge in [-0.15, -0.1) is 5.11 Å². The molecule has 0 spiro atoms. The van der Waals surface area contributed by atoms with Crippen molar-refractivity contribution in [3.8, 4) is 45.4 Å². The number of aromatic nitrogens is 2. The van der Waals surface area contributed by atoms with Crippen LogP contribution in [0.5, 0.6) is 23.0 Å². The Balaban J connectivity index is 1.77. The van der Waals surface area contributed by atoms with Crippen molar-refractivity contribution in [1.29, 1.82) is 0 Å². The Bertz CT molecular complexity index is 1380. The number of azo groups is 1. The van der Waals surface area contributed by atoms with Gasteiger partial charge in [-0.3, -0.25) is 15.0 Å². The molecule has 0 aliphatic rings. The van der Waals surface area contributed by atoms with E-state index in [-0.39, 0.29) is 5.69 Å². The number of ether oxygens (including phenoxy) is 4. The summed E-state index contributed by atoms with van der Waals surface area (Å²) in [6.45, 7) is 0. The lowest BCUT2D eigenvalue weighted by Gasteiger charge is -2.15. The Kier molecular flexibility index (Phi) is 6.63. The van der Waals surface area contributed by atoms with Crippen molar-refractivity contribution in [2.24, 2.45) is 10.2 Å². The van der Waals surface area contributed by atoms with E-state index in [1.54, 1.807) is 25.3 Å². The predicted molar refractivity (Wildman–Crippen MR) is 129 cm³/mol. The highest BCUT2D eigenvalue weighted by molar-refractivity contribution is 5.80. The molecule has 1 aromatic heterocycles. The normalized spacial score (nSPS) is 10.9. The molecular formula is C25H24N4O5. The van der Waals surface area contributed by atoms with Crippen molar-refractivity contribution in [3.63, 3.8) is 0 Å². The molecule has 0 aliphatic carbocycles. The number of benzene rings is 3. The molecule has 174 valence electrons. The summed E-state index contributed by atoms with van der Waals surface area (Å²) in [5, 5.41) is 14.0. The van der Waals surface area contributed by atoms with E-state index in [2.05, 4.69) is 20.4 Å². The van der Waals surface area contributed by atoms with E-state index in [0.717, 1.165) is 11.1 Å². The second-order valence-electron chi connectivity index (χ2n) is 7.14. The smallest absolute Gasteiger partial charge is 0.292 e. The number of hydrogen-bond donors (Lipinski definition) is 2. The Morgan fingerprint density at radius 3 is 2.06 bits per heavy atom. The first-order valence-corrected chi connectivity index (χ1v) is 10.4. The first-order valence-electron chi connectivity index (χ1n) is 10.4.